The lowest BCUT2D eigenvalue weighted by molar-refractivity contribution is 0.101. The molecule has 2 aromatic heterocycles. The molecule has 3 saturated heterocycles. The second-order valence-corrected chi connectivity index (χ2v) is 12.5. The van der Waals surface area contributed by atoms with Crippen molar-refractivity contribution in [3.8, 4) is 16.9 Å². The van der Waals surface area contributed by atoms with Crippen LogP contribution in [0, 0.1) is 11.8 Å². The molecule has 1 aromatic carbocycles. The Labute approximate surface area is 248 Å². The van der Waals surface area contributed by atoms with E-state index in [1.54, 1.807) is 35.3 Å². The van der Waals surface area contributed by atoms with Crippen LogP contribution in [0.1, 0.15) is 38.6 Å². The number of likely N-dealkylation sites (N-methyl/N-ethyl adjacent to an activating group) is 1. The summed E-state index contributed by atoms with van der Waals surface area (Å²) in [4.78, 5) is 18.5. The van der Waals surface area contributed by atoms with Crippen LogP contribution in [0.3, 0.4) is 0 Å². The summed E-state index contributed by atoms with van der Waals surface area (Å²) < 4.78 is 18.6. The quantitative estimate of drug-likeness (QED) is 0.419. The lowest BCUT2D eigenvalue weighted by Gasteiger charge is -2.42. The summed E-state index contributed by atoms with van der Waals surface area (Å²) in [6.07, 6.45) is 5.07. The number of piperidine rings is 1. The summed E-state index contributed by atoms with van der Waals surface area (Å²) in [5, 5.41) is 18.2. The summed E-state index contributed by atoms with van der Waals surface area (Å²) in [7, 11) is 2.10. The molecule has 41 heavy (non-hydrogen) atoms. The van der Waals surface area contributed by atoms with Gasteiger partial charge in [0, 0.05) is 54.9 Å². The van der Waals surface area contributed by atoms with Crippen LogP contribution in [0.15, 0.2) is 41.6 Å². The minimum absolute atomic E-state index is 0.0229. The molecule has 7 atom stereocenters. The number of hydrazine groups is 1. The van der Waals surface area contributed by atoms with Gasteiger partial charge in [-0.25, -0.2) is 19.1 Å². The van der Waals surface area contributed by atoms with Crippen molar-refractivity contribution in [2.75, 3.05) is 26.7 Å². The minimum atomic E-state index is -0.971. The zero-order chi connectivity index (χ0) is 28.7. The molecule has 6 rings (SSSR count). The Bertz CT molecular complexity index is 1430. The van der Waals surface area contributed by atoms with E-state index in [1.807, 2.05) is 6.92 Å². The van der Waals surface area contributed by atoms with Gasteiger partial charge in [-0.3, -0.25) is 14.8 Å². The van der Waals surface area contributed by atoms with E-state index in [-0.39, 0.29) is 34.8 Å². The monoisotopic (exact) mass is 603 g/mol. The molecule has 220 valence electrons. The van der Waals surface area contributed by atoms with Crippen LogP contribution in [-0.4, -0.2) is 80.5 Å². The first-order valence-corrected chi connectivity index (χ1v) is 15.1. The van der Waals surface area contributed by atoms with Crippen LogP contribution in [-0.2, 0) is 0 Å². The van der Waals surface area contributed by atoms with Crippen LogP contribution in [0.4, 0.5) is 4.39 Å². The maximum absolute atomic E-state index is 15.4. The number of nitrogens with one attached hydrogen (secondary N) is 3. The van der Waals surface area contributed by atoms with Gasteiger partial charge in [-0.2, -0.15) is 0 Å². The third kappa shape index (κ3) is 5.93. The topological polar surface area (TPSA) is 105 Å². The Morgan fingerprint density at radius 3 is 2.71 bits per heavy atom. The normalized spacial score (nSPS) is 31.3. The van der Waals surface area contributed by atoms with Crippen molar-refractivity contribution in [2.24, 2.45) is 11.8 Å². The lowest BCUT2D eigenvalue weighted by Crippen LogP contribution is -2.55. The van der Waals surface area contributed by atoms with E-state index in [4.69, 9.17) is 28.2 Å². The molecule has 3 aliphatic heterocycles. The zero-order valence-corrected chi connectivity index (χ0v) is 24.7. The fraction of sp³-hybridized carbons (Fsp3) is 0.571. The van der Waals surface area contributed by atoms with Gasteiger partial charge in [0.2, 0.25) is 0 Å². The minimum Gasteiger partial charge on any atom is -0.312 e. The number of rotatable bonds is 3. The SMILES string of the molecule is C[C@H]1CNC2CNN(C)C2C2CCNC(C2)[C@@H](n2cnc(-c3cc(Cl)ccc3-n3cc(Cl)nn3)cc2=O)CCC1F. The standard InChI is InChI=1S/C28H36Cl2FN9O/c1-16-12-33-23-13-35-38(2)28(23)17-7-8-32-22(9-17)25(6-4-20(16)31)39-15-34-21(11-27(39)41)19-10-18(29)3-5-24(19)40-14-26(30)36-37-40/h3,5,10-11,14-17,20,22-23,25,28,32-33,35H,4,6-9,12-13H2,1-2H3/t16-,17?,20?,22?,23?,25-,28?/m0/s1. The molecule has 5 heterocycles. The van der Waals surface area contributed by atoms with E-state index in [0.717, 1.165) is 25.9 Å². The lowest BCUT2D eigenvalue weighted by atomic mass is 9.79. The highest BCUT2D eigenvalue weighted by atomic mass is 35.5. The summed E-state index contributed by atoms with van der Waals surface area (Å²) in [5.74, 6) is 0.307. The third-order valence-corrected chi connectivity index (χ3v) is 9.45. The van der Waals surface area contributed by atoms with Crippen LogP contribution < -0.4 is 21.6 Å². The molecule has 0 amide bonds. The molecule has 3 N–H and O–H groups in total. The molecule has 3 aliphatic rings. The maximum atomic E-state index is 15.4. The number of alkyl halides is 1. The van der Waals surface area contributed by atoms with E-state index in [0.29, 0.717) is 53.3 Å². The number of benzene rings is 1. The Hall–Kier alpha value is -2.41. The maximum Gasteiger partial charge on any atom is 0.254 e. The van der Waals surface area contributed by atoms with Crippen LogP contribution >= 0.6 is 23.2 Å². The van der Waals surface area contributed by atoms with Gasteiger partial charge < -0.3 is 10.6 Å². The molecule has 0 spiro atoms. The third-order valence-electron chi connectivity index (χ3n) is 9.04. The molecule has 13 heteroatoms. The zero-order valence-electron chi connectivity index (χ0n) is 23.2. The molecule has 5 unspecified atom stereocenters. The number of fused-ring (bicyclic) bond motifs is 4. The van der Waals surface area contributed by atoms with Crippen molar-refractivity contribution in [2.45, 2.75) is 62.9 Å². The van der Waals surface area contributed by atoms with Gasteiger partial charge in [0.15, 0.2) is 5.15 Å². The van der Waals surface area contributed by atoms with Crippen molar-refractivity contribution < 1.29 is 4.39 Å². The Morgan fingerprint density at radius 2 is 1.93 bits per heavy atom. The summed E-state index contributed by atoms with van der Waals surface area (Å²) in [6, 6.07) is 7.14. The average molecular weight is 605 g/mol. The smallest absolute Gasteiger partial charge is 0.254 e. The summed E-state index contributed by atoms with van der Waals surface area (Å²) in [6.45, 7) is 4.28. The van der Waals surface area contributed by atoms with Gasteiger partial charge in [-0.15, -0.1) is 5.10 Å². The van der Waals surface area contributed by atoms with Crippen molar-refractivity contribution in [3.63, 3.8) is 0 Å². The van der Waals surface area contributed by atoms with E-state index < -0.39 is 6.17 Å². The highest BCUT2D eigenvalue weighted by molar-refractivity contribution is 6.31. The largest absolute Gasteiger partial charge is 0.312 e. The molecular formula is C28H36Cl2FN9O. The van der Waals surface area contributed by atoms with E-state index >= 15 is 4.39 Å². The van der Waals surface area contributed by atoms with Crippen molar-refractivity contribution >= 4 is 23.2 Å². The number of hydrogen-bond donors (Lipinski definition) is 3. The molecule has 10 nitrogen and oxygen atoms in total. The number of halogens is 3. The predicted molar refractivity (Wildman–Crippen MR) is 157 cm³/mol. The Balaban J connectivity index is 1.35. The van der Waals surface area contributed by atoms with E-state index in [9.17, 15) is 4.79 Å². The molecule has 2 bridgehead atoms. The van der Waals surface area contributed by atoms with Gasteiger partial charge in [-0.05, 0) is 62.3 Å². The first kappa shape index (κ1) is 28.7. The van der Waals surface area contributed by atoms with Crippen LogP contribution in [0.25, 0.3) is 16.9 Å². The van der Waals surface area contributed by atoms with Crippen LogP contribution in [0.2, 0.25) is 10.2 Å². The second kappa shape index (κ2) is 12.1. The van der Waals surface area contributed by atoms with Gasteiger partial charge in [0.25, 0.3) is 5.56 Å². The van der Waals surface area contributed by atoms with Crippen molar-refractivity contribution in [1.82, 2.24) is 45.6 Å². The van der Waals surface area contributed by atoms with E-state index in [1.165, 1.54) is 10.7 Å². The summed E-state index contributed by atoms with van der Waals surface area (Å²) in [5.41, 5.74) is 5.02. The predicted octanol–water partition coefficient (Wildman–Crippen LogP) is 3.25. The molecular weight excluding hydrogens is 568 g/mol. The number of nitrogens with zero attached hydrogens (tertiary/aromatic N) is 6. The van der Waals surface area contributed by atoms with Crippen molar-refractivity contribution in [1.29, 1.82) is 0 Å². The van der Waals surface area contributed by atoms with E-state index in [2.05, 4.69) is 38.4 Å². The van der Waals surface area contributed by atoms with Crippen LogP contribution in [0.5, 0.6) is 0 Å². The highest BCUT2D eigenvalue weighted by Crippen LogP contribution is 2.34. The Morgan fingerprint density at radius 1 is 1.07 bits per heavy atom. The number of aromatic nitrogens is 5. The average Bonchev–Trinajstić information content (AvgIpc) is 3.56. The first-order chi connectivity index (χ1) is 19.8. The number of hydrogen-bond acceptors (Lipinski definition) is 8. The van der Waals surface area contributed by atoms with Gasteiger partial charge >= 0.3 is 0 Å². The molecule has 0 radical (unpaired) electrons. The van der Waals surface area contributed by atoms with Gasteiger partial charge in [0.1, 0.15) is 6.17 Å². The fourth-order valence-electron chi connectivity index (χ4n) is 6.86. The molecule has 0 saturated carbocycles. The highest BCUT2D eigenvalue weighted by Gasteiger charge is 2.42. The van der Waals surface area contributed by atoms with Crippen molar-refractivity contribution in [3.05, 3.63) is 57.3 Å². The molecule has 0 aliphatic carbocycles. The molecule has 3 fully saturated rings. The second-order valence-electron chi connectivity index (χ2n) is 11.6. The first-order valence-electron chi connectivity index (χ1n) is 14.3. The summed E-state index contributed by atoms with van der Waals surface area (Å²) >= 11 is 12.3. The Kier molecular flexibility index (Phi) is 8.44. The molecule has 3 aromatic rings. The van der Waals surface area contributed by atoms with Gasteiger partial charge in [-0.1, -0.05) is 35.3 Å². The fourth-order valence-corrected chi connectivity index (χ4v) is 7.15. The van der Waals surface area contributed by atoms with Gasteiger partial charge in [0.05, 0.1) is 29.9 Å².